The van der Waals surface area contributed by atoms with E-state index < -0.39 is 0 Å². The van der Waals surface area contributed by atoms with E-state index >= 15 is 0 Å². The smallest absolute Gasteiger partial charge is 0.0820 e. The van der Waals surface area contributed by atoms with Crippen LogP contribution in [-0.4, -0.2) is 4.98 Å². The third-order valence-electron chi connectivity index (χ3n) is 3.29. The first-order valence-electron chi connectivity index (χ1n) is 6.14. The van der Waals surface area contributed by atoms with E-state index in [1.54, 1.807) is 17.5 Å². The van der Waals surface area contributed by atoms with Gasteiger partial charge in [0.25, 0.3) is 0 Å². The molecule has 2 heterocycles. The minimum Gasteiger partial charge on any atom is -0.271 e. The van der Waals surface area contributed by atoms with Gasteiger partial charge in [-0.05, 0) is 41.6 Å². The van der Waals surface area contributed by atoms with Crippen molar-refractivity contribution >= 4 is 21.4 Å². The minimum absolute atomic E-state index is 0.00824. The highest BCUT2D eigenvalue weighted by atomic mass is 32.1. The molecule has 0 aliphatic carbocycles. The largest absolute Gasteiger partial charge is 0.271 e. The molecule has 0 bridgehead atoms. The molecule has 0 fully saturated rings. The number of nitrogens with two attached hydrogens (primary N) is 1. The summed E-state index contributed by atoms with van der Waals surface area (Å²) in [5.41, 5.74) is 5.22. The lowest BCUT2D eigenvalue weighted by molar-refractivity contribution is 0.641. The molecule has 0 spiro atoms. The summed E-state index contributed by atoms with van der Waals surface area (Å²) in [6.07, 6.45) is 3.68. The van der Waals surface area contributed by atoms with Gasteiger partial charge in [0.05, 0.1) is 6.04 Å². The Labute approximate surface area is 116 Å². The highest BCUT2D eigenvalue weighted by Gasteiger charge is 2.17. The zero-order valence-corrected chi connectivity index (χ0v) is 11.4. The maximum absolute atomic E-state index is 5.76. The Morgan fingerprint density at radius 1 is 1.26 bits per heavy atom. The first-order valence-corrected chi connectivity index (χ1v) is 6.96. The van der Waals surface area contributed by atoms with Crippen LogP contribution in [0.25, 0.3) is 10.1 Å². The second-order valence-corrected chi connectivity index (χ2v) is 5.63. The Kier molecular flexibility index (Phi) is 3.29. The van der Waals surface area contributed by atoms with Crippen molar-refractivity contribution in [2.24, 2.45) is 5.84 Å². The zero-order valence-electron chi connectivity index (χ0n) is 10.6. The topological polar surface area (TPSA) is 50.9 Å². The Bertz CT molecular complexity index is 672. The van der Waals surface area contributed by atoms with Gasteiger partial charge in [0.1, 0.15) is 0 Å². The number of fused-ring (bicyclic) bond motifs is 1. The van der Waals surface area contributed by atoms with Crippen LogP contribution in [-0.2, 0) is 0 Å². The van der Waals surface area contributed by atoms with Crippen molar-refractivity contribution in [1.29, 1.82) is 0 Å². The molecule has 1 aromatic carbocycles. The van der Waals surface area contributed by atoms with E-state index in [0.717, 1.165) is 5.56 Å². The predicted octanol–water partition coefficient (Wildman–Crippen LogP) is 3.16. The van der Waals surface area contributed by atoms with E-state index in [9.17, 15) is 0 Å². The molecule has 3 N–H and O–H groups in total. The molecular weight excluding hydrogens is 254 g/mol. The number of nitrogens with one attached hydrogen (secondary N) is 1. The lowest BCUT2D eigenvalue weighted by atomic mass is 10.0. The van der Waals surface area contributed by atoms with Crippen LogP contribution in [0.3, 0.4) is 0 Å². The summed E-state index contributed by atoms with van der Waals surface area (Å²) in [6.45, 7) is 2.08. The van der Waals surface area contributed by atoms with Crippen LogP contribution in [0.4, 0.5) is 0 Å². The molecule has 1 atom stereocenters. The molecule has 19 heavy (non-hydrogen) atoms. The van der Waals surface area contributed by atoms with Crippen LogP contribution < -0.4 is 11.3 Å². The van der Waals surface area contributed by atoms with Gasteiger partial charge in [0.15, 0.2) is 0 Å². The van der Waals surface area contributed by atoms with Gasteiger partial charge in [-0.1, -0.05) is 18.2 Å². The lowest BCUT2D eigenvalue weighted by Gasteiger charge is -2.16. The summed E-state index contributed by atoms with van der Waals surface area (Å²) < 4.78 is 1.28. The fourth-order valence-electron chi connectivity index (χ4n) is 2.25. The van der Waals surface area contributed by atoms with Gasteiger partial charge >= 0.3 is 0 Å². The molecule has 0 radical (unpaired) electrons. The Morgan fingerprint density at radius 3 is 2.84 bits per heavy atom. The van der Waals surface area contributed by atoms with Gasteiger partial charge in [0.2, 0.25) is 0 Å². The van der Waals surface area contributed by atoms with Crippen LogP contribution in [0.15, 0.2) is 48.8 Å². The third-order valence-corrected chi connectivity index (χ3v) is 4.47. The number of hydrogen-bond donors (Lipinski definition) is 2. The van der Waals surface area contributed by atoms with Gasteiger partial charge in [-0.3, -0.25) is 10.8 Å². The first kappa shape index (κ1) is 12.3. The molecule has 0 aliphatic heterocycles. The Morgan fingerprint density at radius 2 is 2.11 bits per heavy atom. The second-order valence-electron chi connectivity index (χ2n) is 4.52. The summed E-state index contributed by atoms with van der Waals surface area (Å²) in [7, 11) is 0. The van der Waals surface area contributed by atoms with Crippen molar-refractivity contribution < 1.29 is 0 Å². The average molecular weight is 269 g/mol. The van der Waals surface area contributed by atoms with Crippen LogP contribution >= 0.6 is 11.3 Å². The Balaban J connectivity index is 2.09. The highest BCUT2D eigenvalue weighted by molar-refractivity contribution is 7.19. The van der Waals surface area contributed by atoms with Crippen LogP contribution in [0.5, 0.6) is 0 Å². The molecule has 0 aliphatic rings. The molecule has 3 rings (SSSR count). The van der Waals surface area contributed by atoms with Crippen molar-refractivity contribution in [2.45, 2.75) is 13.0 Å². The van der Waals surface area contributed by atoms with E-state index in [4.69, 9.17) is 5.84 Å². The number of aryl methyl sites for hydroxylation is 1. The number of rotatable bonds is 3. The van der Waals surface area contributed by atoms with Gasteiger partial charge < -0.3 is 0 Å². The summed E-state index contributed by atoms with van der Waals surface area (Å²) in [4.78, 5) is 5.41. The monoisotopic (exact) mass is 269 g/mol. The normalized spacial score (nSPS) is 12.7. The second kappa shape index (κ2) is 5.09. The van der Waals surface area contributed by atoms with Crippen molar-refractivity contribution in [3.8, 4) is 0 Å². The van der Waals surface area contributed by atoms with Crippen LogP contribution in [0, 0.1) is 6.92 Å². The standard InChI is InChI=1S/C15H15N3S/c1-10-6-7-17-9-12(10)15(18-16)14-8-11-4-2-3-5-13(11)19-14/h2-9,15,18H,16H2,1H3. The van der Waals surface area contributed by atoms with E-state index in [-0.39, 0.29) is 6.04 Å². The summed E-state index contributed by atoms with van der Waals surface area (Å²) >= 11 is 1.76. The van der Waals surface area contributed by atoms with Gasteiger partial charge in [0, 0.05) is 22.0 Å². The van der Waals surface area contributed by atoms with Crippen molar-refractivity contribution in [3.63, 3.8) is 0 Å². The molecule has 0 saturated heterocycles. The lowest BCUT2D eigenvalue weighted by Crippen LogP contribution is -2.28. The number of thiophene rings is 1. The summed E-state index contributed by atoms with van der Waals surface area (Å²) in [6, 6.07) is 12.6. The molecule has 96 valence electrons. The zero-order chi connectivity index (χ0) is 13.2. The molecule has 0 amide bonds. The van der Waals surface area contributed by atoms with E-state index in [1.807, 2.05) is 12.3 Å². The highest BCUT2D eigenvalue weighted by Crippen LogP contribution is 2.33. The van der Waals surface area contributed by atoms with Crippen molar-refractivity contribution in [1.82, 2.24) is 10.4 Å². The molecule has 0 saturated carbocycles. The number of pyridine rings is 1. The molecule has 2 aromatic heterocycles. The molecule has 1 unspecified atom stereocenters. The minimum atomic E-state index is -0.00824. The van der Waals surface area contributed by atoms with Gasteiger partial charge in [-0.25, -0.2) is 5.43 Å². The maximum Gasteiger partial charge on any atom is 0.0820 e. The Hall–Kier alpha value is -1.75. The van der Waals surface area contributed by atoms with Gasteiger partial charge in [-0.2, -0.15) is 0 Å². The third kappa shape index (κ3) is 2.26. The quantitative estimate of drug-likeness (QED) is 0.567. The van der Waals surface area contributed by atoms with Crippen molar-refractivity contribution in [2.75, 3.05) is 0 Å². The number of aromatic nitrogens is 1. The molecular formula is C15H15N3S. The maximum atomic E-state index is 5.76. The van der Waals surface area contributed by atoms with E-state index in [2.05, 4.69) is 47.7 Å². The summed E-state index contributed by atoms with van der Waals surface area (Å²) in [5, 5.41) is 1.25. The SMILES string of the molecule is Cc1ccncc1C(NN)c1cc2ccccc2s1. The molecule has 3 nitrogen and oxygen atoms in total. The van der Waals surface area contributed by atoms with E-state index in [0.29, 0.717) is 0 Å². The van der Waals surface area contributed by atoms with Crippen molar-refractivity contribution in [3.05, 3.63) is 64.8 Å². The number of benzene rings is 1. The summed E-state index contributed by atoms with van der Waals surface area (Å²) in [5.74, 6) is 5.76. The average Bonchev–Trinajstić information content (AvgIpc) is 2.85. The first-order chi connectivity index (χ1) is 9.29. The molecule has 3 aromatic rings. The number of hydrazine groups is 1. The van der Waals surface area contributed by atoms with Gasteiger partial charge in [-0.15, -0.1) is 11.3 Å². The van der Waals surface area contributed by atoms with Crippen LogP contribution in [0.2, 0.25) is 0 Å². The molecule has 4 heteroatoms. The fraction of sp³-hybridized carbons (Fsp3) is 0.133. The predicted molar refractivity (Wildman–Crippen MR) is 80.0 cm³/mol. The number of nitrogens with zero attached hydrogens (tertiary/aromatic N) is 1. The van der Waals surface area contributed by atoms with Crippen LogP contribution in [0.1, 0.15) is 22.0 Å². The van der Waals surface area contributed by atoms with E-state index in [1.165, 1.54) is 20.5 Å². The number of hydrogen-bond acceptors (Lipinski definition) is 4. The fourth-order valence-corrected chi connectivity index (χ4v) is 3.39.